The molecule has 0 fully saturated rings. The fourth-order valence-electron chi connectivity index (χ4n) is 3.05. The van der Waals surface area contributed by atoms with Gasteiger partial charge in [-0.1, -0.05) is 6.07 Å². The molecule has 0 aliphatic rings. The number of rotatable bonds is 8. The Bertz CT molecular complexity index is 1200. The van der Waals surface area contributed by atoms with Crippen LogP contribution in [0.2, 0.25) is 0 Å². The molecule has 0 atom stereocenters. The highest BCUT2D eigenvalue weighted by molar-refractivity contribution is 7.92. The third kappa shape index (κ3) is 5.36. The molecule has 0 saturated carbocycles. The lowest BCUT2D eigenvalue weighted by Crippen LogP contribution is -2.26. The van der Waals surface area contributed by atoms with Gasteiger partial charge in [0.1, 0.15) is 5.82 Å². The van der Waals surface area contributed by atoms with Crippen LogP contribution in [-0.2, 0) is 16.6 Å². The summed E-state index contributed by atoms with van der Waals surface area (Å²) >= 11 is 0. The maximum Gasteiger partial charge on any atom is 0.261 e. The lowest BCUT2D eigenvalue weighted by atomic mass is 10.1. The Labute approximate surface area is 186 Å². The van der Waals surface area contributed by atoms with Crippen LogP contribution < -0.4 is 14.2 Å². The van der Waals surface area contributed by atoms with Gasteiger partial charge in [0.2, 0.25) is 0 Å². The van der Waals surface area contributed by atoms with Crippen molar-refractivity contribution >= 4 is 21.6 Å². The fraction of sp³-hybridized carbons (Fsp3) is 0.174. The summed E-state index contributed by atoms with van der Waals surface area (Å²) in [7, 11) is 0.900. The van der Waals surface area contributed by atoms with Crippen molar-refractivity contribution in [2.45, 2.75) is 11.4 Å². The highest BCUT2D eigenvalue weighted by Crippen LogP contribution is 2.28. The summed E-state index contributed by atoms with van der Waals surface area (Å²) in [5.74, 6) is 0.421. The quantitative estimate of drug-likeness (QED) is 0.553. The van der Waals surface area contributed by atoms with Crippen molar-refractivity contribution in [2.75, 3.05) is 26.0 Å². The largest absolute Gasteiger partial charge is 0.493 e. The summed E-state index contributed by atoms with van der Waals surface area (Å²) in [6.45, 7) is 0.345. The van der Waals surface area contributed by atoms with E-state index in [0.29, 0.717) is 23.6 Å². The minimum absolute atomic E-state index is 0.0614. The van der Waals surface area contributed by atoms with Crippen LogP contribution in [0.15, 0.2) is 71.6 Å². The van der Waals surface area contributed by atoms with Crippen LogP contribution in [0.4, 0.5) is 10.1 Å². The number of anilines is 1. The predicted octanol–water partition coefficient (Wildman–Crippen LogP) is 3.92. The maximum absolute atomic E-state index is 13.0. The van der Waals surface area contributed by atoms with Crippen molar-refractivity contribution in [3.05, 3.63) is 83.7 Å². The number of hydrogen-bond donors (Lipinski definition) is 1. The molecule has 3 rings (SSSR count). The molecule has 0 aliphatic carbocycles. The fourth-order valence-corrected chi connectivity index (χ4v) is 4.11. The lowest BCUT2D eigenvalue weighted by Gasteiger charge is -2.18. The first-order chi connectivity index (χ1) is 15.2. The van der Waals surface area contributed by atoms with E-state index >= 15 is 0 Å². The number of amides is 1. The third-order valence-electron chi connectivity index (χ3n) is 4.72. The van der Waals surface area contributed by atoms with Crippen LogP contribution in [0.25, 0.3) is 0 Å². The Morgan fingerprint density at radius 1 is 0.938 bits per heavy atom. The molecule has 168 valence electrons. The number of carbonyl (C=O) groups is 1. The van der Waals surface area contributed by atoms with E-state index in [2.05, 4.69) is 4.72 Å². The van der Waals surface area contributed by atoms with Crippen molar-refractivity contribution in [1.82, 2.24) is 4.90 Å². The van der Waals surface area contributed by atoms with E-state index in [1.54, 1.807) is 38.3 Å². The van der Waals surface area contributed by atoms with Crippen LogP contribution in [0, 0.1) is 5.82 Å². The molecule has 7 nitrogen and oxygen atoms in total. The number of carbonyl (C=O) groups excluding carboxylic acids is 1. The Morgan fingerprint density at radius 3 is 2.16 bits per heavy atom. The van der Waals surface area contributed by atoms with Crippen molar-refractivity contribution < 1.29 is 27.1 Å². The monoisotopic (exact) mass is 458 g/mol. The van der Waals surface area contributed by atoms with Gasteiger partial charge in [0.25, 0.3) is 15.9 Å². The zero-order chi connectivity index (χ0) is 23.3. The van der Waals surface area contributed by atoms with Crippen LogP contribution in [0.5, 0.6) is 11.5 Å². The number of methoxy groups -OCH3 is 2. The van der Waals surface area contributed by atoms with E-state index < -0.39 is 15.8 Å². The average Bonchev–Trinajstić information content (AvgIpc) is 2.79. The van der Waals surface area contributed by atoms with Gasteiger partial charge >= 0.3 is 0 Å². The first-order valence-corrected chi connectivity index (χ1v) is 11.1. The molecule has 3 aromatic carbocycles. The highest BCUT2D eigenvalue weighted by Gasteiger charge is 2.16. The van der Waals surface area contributed by atoms with Gasteiger partial charge in [-0.3, -0.25) is 9.52 Å². The van der Waals surface area contributed by atoms with Crippen LogP contribution in [-0.4, -0.2) is 40.5 Å². The SMILES string of the molecule is COc1ccc(CN(C)C(=O)c2ccc(NS(=O)(=O)c3ccc(F)cc3)cc2)cc1OC. The Morgan fingerprint density at radius 2 is 1.56 bits per heavy atom. The van der Waals surface area contributed by atoms with E-state index in [0.717, 1.165) is 17.7 Å². The number of ether oxygens (including phenoxy) is 2. The van der Waals surface area contributed by atoms with Crippen LogP contribution in [0.1, 0.15) is 15.9 Å². The van der Waals surface area contributed by atoms with E-state index in [-0.39, 0.29) is 16.5 Å². The molecular formula is C23H23FN2O5S. The number of benzene rings is 3. The van der Waals surface area contributed by atoms with Gasteiger partial charge in [0.05, 0.1) is 19.1 Å². The van der Waals surface area contributed by atoms with Crippen LogP contribution >= 0.6 is 0 Å². The smallest absolute Gasteiger partial charge is 0.261 e. The zero-order valence-corrected chi connectivity index (χ0v) is 18.6. The molecule has 0 spiro atoms. The molecule has 0 bridgehead atoms. The number of sulfonamides is 1. The van der Waals surface area contributed by atoms with Gasteiger partial charge < -0.3 is 14.4 Å². The molecule has 32 heavy (non-hydrogen) atoms. The summed E-state index contributed by atoms with van der Waals surface area (Å²) in [5.41, 5.74) is 1.55. The van der Waals surface area contributed by atoms with Crippen molar-refractivity contribution in [3.63, 3.8) is 0 Å². The first kappa shape index (κ1) is 23.1. The Hall–Kier alpha value is -3.59. The normalized spacial score (nSPS) is 11.0. The van der Waals surface area contributed by atoms with Crippen molar-refractivity contribution in [1.29, 1.82) is 0 Å². The van der Waals surface area contributed by atoms with Gasteiger partial charge in [0, 0.05) is 24.8 Å². The summed E-state index contributed by atoms with van der Waals surface area (Å²) in [6.07, 6.45) is 0. The molecule has 0 heterocycles. The summed E-state index contributed by atoms with van der Waals surface area (Å²) in [5, 5.41) is 0. The van der Waals surface area contributed by atoms with Gasteiger partial charge in [-0.25, -0.2) is 12.8 Å². The number of hydrogen-bond acceptors (Lipinski definition) is 5. The Kier molecular flexibility index (Phi) is 6.99. The summed E-state index contributed by atoms with van der Waals surface area (Å²) < 4.78 is 50.8. The molecule has 9 heteroatoms. The molecule has 0 aliphatic heterocycles. The zero-order valence-electron chi connectivity index (χ0n) is 17.8. The molecule has 0 aromatic heterocycles. The van der Waals surface area contributed by atoms with E-state index in [9.17, 15) is 17.6 Å². The Balaban J connectivity index is 1.68. The second-order valence-corrected chi connectivity index (χ2v) is 8.67. The van der Waals surface area contributed by atoms with E-state index in [4.69, 9.17) is 9.47 Å². The molecule has 0 radical (unpaired) electrons. The molecule has 0 saturated heterocycles. The van der Waals surface area contributed by atoms with Gasteiger partial charge in [-0.15, -0.1) is 0 Å². The van der Waals surface area contributed by atoms with Gasteiger partial charge in [0.15, 0.2) is 11.5 Å². The number of nitrogens with zero attached hydrogens (tertiary/aromatic N) is 1. The van der Waals surface area contributed by atoms with E-state index in [1.807, 2.05) is 6.07 Å². The first-order valence-electron chi connectivity index (χ1n) is 9.58. The summed E-state index contributed by atoms with van der Waals surface area (Å²) in [6, 6.07) is 16.0. The van der Waals surface area contributed by atoms with Gasteiger partial charge in [-0.05, 0) is 66.2 Å². The lowest BCUT2D eigenvalue weighted by molar-refractivity contribution is 0.0785. The number of halogens is 1. The van der Waals surface area contributed by atoms with Crippen molar-refractivity contribution in [3.8, 4) is 11.5 Å². The maximum atomic E-state index is 13.0. The van der Waals surface area contributed by atoms with E-state index in [1.165, 1.54) is 36.4 Å². The summed E-state index contributed by atoms with van der Waals surface area (Å²) in [4.78, 5) is 14.3. The second-order valence-electron chi connectivity index (χ2n) is 6.99. The molecule has 3 aromatic rings. The molecule has 1 N–H and O–H groups in total. The minimum Gasteiger partial charge on any atom is -0.493 e. The molecule has 0 unspecified atom stereocenters. The third-order valence-corrected chi connectivity index (χ3v) is 6.12. The number of nitrogens with one attached hydrogen (secondary N) is 1. The minimum atomic E-state index is -3.87. The van der Waals surface area contributed by atoms with Crippen molar-refractivity contribution in [2.24, 2.45) is 0 Å². The highest BCUT2D eigenvalue weighted by atomic mass is 32.2. The standard InChI is InChI=1S/C23H23FN2O5S/c1-26(15-16-4-13-21(30-2)22(14-16)31-3)23(27)17-5-9-19(10-6-17)25-32(28,29)20-11-7-18(24)8-12-20/h4-14,25H,15H2,1-3H3. The molecule has 1 amide bonds. The van der Waals surface area contributed by atoms with Crippen LogP contribution in [0.3, 0.4) is 0 Å². The van der Waals surface area contributed by atoms with Gasteiger partial charge in [-0.2, -0.15) is 0 Å². The molecular weight excluding hydrogens is 435 g/mol. The second kappa shape index (κ2) is 9.69. The predicted molar refractivity (Wildman–Crippen MR) is 119 cm³/mol. The topological polar surface area (TPSA) is 84.9 Å². The average molecular weight is 459 g/mol.